The first-order chi connectivity index (χ1) is 10.0. The van der Waals surface area contributed by atoms with Crippen molar-refractivity contribution in [1.29, 1.82) is 0 Å². The number of esters is 2. The second-order valence-corrected chi connectivity index (χ2v) is 6.52. The van der Waals surface area contributed by atoms with Crippen LogP contribution in [-0.4, -0.2) is 35.2 Å². The molecule has 0 fully saturated rings. The molecular weight excluding hydrogens is 284 g/mol. The van der Waals surface area contributed by atoms with Gasteiger partial charge in [-0.3, -0.25) is 10.1 Å². The van der Waals surface area contributed by atoms with E-state index in [1.54, 1.807) is 52.9 Å². The van der Waals surface area contributed by atoms with E-state index in [4.69, 9.17) is 9.47 Å². The molecule has 0 atom stereocenters. The lowest BCUT2D eigenvalue weighted by molar-refractivity contribution is -0.147. The van der Waals surface area contributed by atoms with Crippen molar-refractivity contribution in [2.45, 2.75) is 52.3 Å². The van der Waals surface area contributed by atoms with E-state index in [1.165, 1.54) is 7.11 Å². The number of carbonyl (C=O) groups excluding carboxylic acids is 2. The van der Waals surface area contributed by atoms with Gasteiger partial charge in [-0.2, -0.15) is 0 Å². The predicted octanol–water partition coefficient (Wildman–Crippen LogP) is 2.08. The molecule has 0 aliphatic carbocycles. The molecule has 1 heterocycles. The van der Waals surface area contributed by atoms with Crippen molar-refractivity contribution in [3.63, 3.8) is 0 Å². The molecule has 1 aromatic heterocycles. The van der Waals surface area contributed by atoms with Crippen LogP contribution >= 0.6 is 0 Å². The fourth-order valence-corrected chi connectivity index (χ4v) is 1.63. The quantitative estimate of drug-likeness (QED) is 0.839. The van der Waals surface area contributed by atoms with Crippen molar-refractivity contribution in [2.75, 3.05) is 7.11 Å². The topological polar surface area (TPSA) is 77.5 Å². The Labute approximate surface area is 131 Å². The van der Waals surface area contributed by atoms with Crippen LogP contribution in [0, 0.1) is 0 Å². The van der Waals surface area contributed by atoms with E-state index in [0.29, 0.717) is 6.54 Å². The predicted molar refractivity (Wildman–Crippen MR) is 82.3 cm³/mol. The van der Waals surface area contributed by atoms with Crippen molar-refractivity contribution in [3.8, 4) is 0 Å². The van der Waals surface area contributed by atoms with E-state index >= 15 is 0 Å². The fraction of sp³-hybridized carbons (Fsp3) is 0.562. The maximum atomic E-state index is 11.9. The molecule has 122 valence electrons. The molecule has 0 unspecified atom stereocenters. The normalized spacial score (nSPS) is 11.9. The first-order valence-electron chi connectivity index (χ1n) is 7.07. The molecule has 22 heavy (non-hydrogen) atoms. The van der Waals surface area contributed by atoms with Crippen molar-refractivity contribution < 1.29 is 19.1 Å². The number of pyridine rings is 1. The summed E-state index contributed by atoms with van der Waals surface area (Å²) in [6, 6.07) is 3.38. The highest BCUT2D eigenvalue weighted by Crippen LogP contribution is 2.12. The van der Waals surface area contributed by atoms with E-state index in [2.05, 4.69) is 10.3 Å². The summed E-state index contributed by atoms with van der Waals surface area (Å²) in [4.78, 5) is 27.5. The van der Waals surface area contributed by atoms with Gasteiger partial charge < -0.3 is 9.47 Å². The minimum absolute atomic E-state index is 0.255. The third-order valence-corrected chi connectivity index (χ3v) is 2.86. The summed E-state index contributed by atoms with van der Waals surface area (Å²) in [5.41, 5.74) is -0.238. The maximum absolute atomic E-state index is 11.9. The Kier molecular flexibility index (Phi) is 5.65. The molecule has 0 radical (unpaired) electrons. The Hall–Kier alpha value is -1.95. The molecule has 0 spiro atoms. The number of aromatic nitrogens is 1. The van der Waals surface area contributed by atoms with Gasteiger partial charge >= 0.3 is 11.9 Å². The summed E-state index contributed by atoms with van der Waals surface area (Å²) in [6.07, 6.45) is 1.58. The smallest absolute Gasteiger partial charge is 0.357 e. The Morgan fingerprint density at radius 3 is 2.27 bits per heavy atom. The average molecular weight is 308 g/mol. The van der Waals surface area contributed by atoms with Crippen molar-refractivity contribution in [2.24, 2.45) is 0 Å². The van der Waals surface area contributed by atoms with Crippen LogP contribution in [0.15, 0.2) is 18.3 Å². The van der Waals surface area contributed by atoms with E-state index in [0.717, 1.165) is 5.56 Å². The van der Waals surface area contributed by atoms with E-state index in [-0.39, 0.29) is 11.7 Å². The molecule has 6 nitrogen and oxygen atoms in total. The summed E-state index contributed by atoms with van der Waals surface area (Å²) in [5, 5.41) is 3.08. The van der Waals surface area contributed by atoms with E-state index in [9.17, 15) is 9.59 Å². The minimum Gasteiger partial charge on any atom is -0.468 e. The Morgan fingerprint density at radius 1 is 1.18 bits per heavy atom. The largest absolute Gasteiger partial charge is 0.468 e. The number of rotatable bonds is 5. The van der Waals surface area contributed by atoms with Crippen molar-refractivity contribution >= 4 is 11.9 Å². The molecule has 1 aromatic rings. The molecule has 0 aliphatic heterocycles. The van der Waals surface area contributed by atoms with Crippen LogP contribution in [0.3, 0.4) is 0 Å². The van der Waals surface area contributed by atoms with Crippen LogP contribution in [-0.2, 0) is 20.8 Å². The summed E-state index contributed by atoms with van der Waals surface area (Å²) in [6.45, 7) is 9.32. The van der Waals surface area contributed by atoms with E-state index in [1.807, 2.05) is 0 Å². The highest BCUT2D eigenvalue weighted by molar-refractivity contribution is 5.87. The van der Waals surface area contributed by atoms with Gasteiger partial charge in [0.25, 0.3) is 0 Å². The van der Waals surface area contributed by atoms with Gasteiger partial charge in [-0.05, 0) is 46.2 Å². The fourth-order valence-electron chi connectivity index (χ4n) is 1.63. The summed E-state index contributed by atoms with van der Waals surface area (Å²) in [5.74, 6) is -0.798. The average Bonchev–Trinajstić information content (AvgIpc) is 2.43. The number of carbonyl (C=O) groups is 2. The maximum Gasteiger partial charge on any atom is 0.357 e. The lowest BCUT2D eigenvalue weighted by Crippen LogP contribution is -2.46. The van der Waals surface area contributed by atoms with Crippen LogP contribution in [0.25, 0.3) is 0 Å². The van der Waals surface area contributed by atoms with Crippen molar-refractivity contribution in [1.82, 2.24) is 10.3 Å². The van der Waals surface area contributed by atoms with Crippen molar-refractivity contribution in [3.05, 3.63) is 29.6 Å². The standard InChI is InChI=1S/C16H24N2O4/c1-15(2,3)22-13(19)12-8-7-11(9-17-12)10-18-16(4,5)14(20)21-6/h7-9,18H,10H2,1-6H3. The van der Waals surface area contributed by atoms with Crippen LogP contribution in [0.2, 0.25) is 0 Å². The monoisotopic (exact) mass is 308 g/mol. The molecule has 0 saturated heterocycles. The third-order valence-electron chi connectivity index (χ3n) is 2.86. The zero-order valence-electron chi connectivity index (χ0n) is 14.0. The summed E-state index contributed by atoms with van der Waals surface area (Å²) in [7, 11) is 1.35. The molecular formula is C16H24N2O4. The zero-order chi connectivity index (χ0) is 17.0. The third kappa shape index (κ3) is 5.44. The highest BCUT2D eigenvalue weighted by atomic mass is 16.6. The second kappa shape index (κ2) is 6.87. The Morgan fingerprint density at radius 2 is 1.82 bits per heavy atom. The number of nitrogens with one attached hydrogen (secondary N) is 1. The number of hydrogen-bond donors (Lipinski definition) is 1. The summed E-state index contributed by atoms with van der Waals surface area (Å²) < 4.78 is 9.97. The molecule has 0 aromatic carbocycles. The zero-order valence-corrected chi connectivity index (χ0v) is 14.0. The lowest BCUT2D eigenvalue weighted by atomic mass is 10.1. The Bertz CT molecular complexity index is 530. The van der Waals surface area contributed by atoms with Crippen LogP contribution in [0.1, 0.15) is 50.7 Å². The Balaban J connectivity index is 2.66. The SMILES string of the molecule is COC(=O)C(C)(C)NCc1ccc(C(=O)OC(C)(C)C)nc1. The van der Waals surface area contributed by atoms with Gasteiger partial charge in [0.05, 0.1) is 7.11 Å². The van der Waals surface area contributed by atoms with Gasteiger partial charge in [-0.1, -0.05) is 6.07 Å². The number of ether oxygens (including phenoxy) is 2. The lowest BCUT2D eigenvalue weighted by Gasteiger charge is -2.23. The van der Waals surface area contributed by atoms with Gasteiger partial charge in [-0.25, -0.2) is 9.78 Å². The molecule has 0 bridgehead atoms. The first kappa shape index (κ1) is 18.1. The van der Waals surface area contributed by atoms with Gasteiger partial charge in [0, 0.05) is 12.7 Å². The first-order valence-corrected chi connectivity index (χ1v) is 7.07. The molecule has 1 N–H and O–H groups in total. The number of hydrogen-bond acceptors (Lipinski definition) is 6. The second-order valence-electron chi connectivity index (χ2n) is 6.52. The van der Waals surface area contributed by atoms with Crippen LogP contribution in [0.5, 0.6) is 0 Å². The molecule has 0 saturated carbocycles. The molecule has 1 rings (SSSR count). The van der Waals surface area contributed by atoms with Gasteiger partial charge in [0.1, 0.15) is 16.8 Å². The molecule has 6 heteroatoms. The summed E-state index contributed by atoms with van der Waals surface area (Å²) >= 11 is 0. The van der Waals surface area contributed by atoms with Gasteiger partial charge in [0.2, 0.25) is 0 Å². The van der Waals surface area contributed by atoms with Gasteiger partial charge in [0.15, 0.2) is 0 Å². The van der Waals surface area contributed by atoms with E-state index < -0.39 is 17.1 Å². The minimum atomic E-state index is -0.793. The molecule has 0 aliphatic rings. The van der Waals surface area contributed by atoms with Crippen LogP contribution in [0.4, 0.5) is 0 Å². The van der Waals surface area contributed by atoms with Gasteiger partial charge in [-0.15, -0.1) is 0 Å². The van der Waals surface area contributed by atoms with Crippen LogP contribution < -0.4 is 5.32 Å². The molecule has 0 amide bonds. The number of nitrogens with zero attached hydrogens (tertiary/aromatic N) is 1. The number of methoxy groups -OCH3 is 1. The highest BCUT2D eigenvalue weighted by Gasteiger charge is 2.27.